The number of benzene rings is 2. The molecule has 2 N–H and O–H groups in total. The maximum absolute atomic E-state index is 9.22. The molecule has 0 aromatic heterocycles. The van der Waals surface area contributed by atoms with Crippen LogP contribution in [0.5, 0.6) is 5.75 Å². The fourth-order valence-electron chi connectivity index (χ4n) is 2.38. The predicted molar refractivity (Wildman–Crippen MR) is 85.6 cm³/mol. The lowest BCUT2D eigenvalue weighted by atomic mass is 10.0. The number of hydrogen-bond acceptors (Lipinski definition) is 3. The Labute approximate surface area is 126 Å². The van der Waals surface area contributed by atoms with Crippen LogP contribution in [0.25, 0.3) is 0 Å². The molecule has 0 spiro atoms. The number of rotatable bonds is 8. The highest BCUT2D eigenvalue weighted by Gasteiger charge is 2.09. The average Bonchev–Trinajstić information content (AvgIpc) is 2.55. The molecule has 0 aliphatic rings. The SMILES string of the molecule is COc1ccc(CCNC(CCO)c2ccccc2)cc1. The summed E-state index contributed by atoms with van der Waals surface area (Å²) in [5, 5.41) is 12.7. The fraction of sp³-hybridized carbons (Fsp3) is 0.333. The van der Waals surface area contributed by atoms with Gasteiger partial charge in [0.15, 0.2) is 0 Å². The van der Waals surface area contributed by atoms with Gasteiger partial charge in [-0.3, -0.25) is 0 Å². The van der Waals surface area contributed by atoms with Crippen LogP contribution in [-0.2, 0) is 6.42 Å². The first-order chi connectivity index (χ1) is 10.3. The third-order valence-electron chi connectivity index (χ3n) is 3.58. The van der Waals surface area contributed by atoms with E-state index in [4.69, 9.17) is 4.74 Å². The lowest BCUT2D eigenvalue weighted by Crippen LogP contribution is -2.24. The maximum atomic E-state index is 9.22. The van der Waals surface area contributed by atoms with Gasteiger partial charge in [-0.05, 0) is 42.6 Å². The van der Waals surface area contributed by atoms with E-state index in [2.05, 4.69) is 29.6 Å². The van der Waals surface area contributed by atoms with Gasteiger partial charge in [0.25, 0.3) is 0 Å². The molecule has 0 saturated carbocycles. The normalized spacial score (nSPS) is 12.1. The van der Waals surface area contributed by atoms with Crippen LogP contribution >= 0.6 is 0 Å². The Morgan fingerprint density at radius 1 is 1.05 bits per heavy atom. The van der Waals surface area contributed by atoms with Gasteiger partial charge in [0, 0.05) is 12.6 Å². The minimum absolute atomic E-state index is 0.190. The summed E-state index contributed by atoms with van der Waals surface area (Å²) in [6.07, 6.45) is 1.69. The zero-order valence-corrected chi connectivity index (χ0v) is 12.5. The highest BCUT2D eigenvalue weighted by atomic mass is 16.5. The second-order valence-corrected chi connectivity index (χ2v) is 5.03. The van der Waals surface area contributed by atoms with Crippen LogP contribution in [-0.4, -0.2) is 25.4 Å². The van der Waals surface area contributed by atoms with E-state index in [9.17, 15) is 5.11 Å². The molecule has 0 aliphatic carbocycles. The molecule has 0 aliphatic heterocycles. The zero-order chi connectivity index (χ0) is 14.9. The summed E-state index contributed by atoms with van der Waals surface area (Å²) in [6, 6.07) is 18.6. The van der Waals surface area contributed by atoms with E-state index < -0.39 is 0 Å². The van der Waals surface area contributed by atoms with Gasteiger partial charge in [0.1, 0.15) is 5.75 Å². The topological polar surface area (TPSA) is 41.5 Å². The van der Waals surface area contributed by atoms with Gasteiger partial charge >= 0.3 is 0 Å². The van der Waals surface area contributed by atoms with Crippen LogP contribution in [0.3, 0.4) is 0 Å². The Balaban J connectivity index is 1.87. The van der Waals surface area contributed by atoms with Crippen molar-refractivity contribution in [3.8, 4) is 5.75 Å². The molecule has 3 nitrogen and oxygen atoms in total. The van der Waals surface area contributed by atoms with Gasteiger partial charge in [-0.2, -0.15) is 0 Å². The van der Waals surface area contributed by atoms with E-state index in [1.165, 1.54) is 11.1 Å². The standard InChI is InChI=1S/C18H23NO2/c1-21-17-9-7-15(8-10-17)11-13-19-18(12-14-20)16-5-3-2-4-6-16/h2-10,18-20H,11-14H2,1H3. The van der Waals surface area contributed by atoms with E-state index in [0.717, 1.165) is 25.1 Å². The molecule has 0 radical (unpaired) electrons. The minimum Gasteiger partial charge on any atom is -0.497 e. The first kappa shape index (κ1) is 15.5. The van der Waals surface area contributed by atoms with E-state index in [0.29, 0.717) is 0 Å². The van der Waals surface area contributed by atoms with E-state index in [1.807, 2.05) is 30.3 Å². The van der Waals surface area contributed by atoms with Crippen molar-refractivity contribution in [2.45, 2.75) is 18.9 Å². The molecule has 0 fully saturated rings. The lowest BCUT2D eigenvalue weighted by molar-refractivity contribution is 0.266. The number of aliphatic hydroxyl groups excluding tert-OH is 1. The van der Waals surface area contributed by atoms with Crippen molar-refractivity contribution in [3.05, 3.63) is 65.7 Å². The third-order valence-corrected chi connectivity index (χ3v) is 3.58. The molecule has 1 unspecified atom stereocenters. The first-order valence-corrected chi connectivity index (χ1v) is 7.35. The molecule has 21 heavy (non-hydrogen) atoms. The van der Waals surface area contributed by atoms with Crippen LogP contribution in [0.4, 0.5) is 0 Å². The number of nitrogens with one attached hydrogen (secondary N) is 1. The van der Waals surface area contributed by atoms with Gasteiger partial charge in [-0.25, -0.2) is 0 Å². The summed E-state index contributed by atoms with van der Waals surface area (Å²) in [5.41, 5.74) is 2.50. The summed E-state index contributed by atoms with van der Waals surface area (Å²) in [7, 11) is 1.68. The summed E-state index contributed by atoms with van der Waals surface area (Å²) in [5.74, 6) is 0.883. The predicted octanol–water partition coefficient (Wildman–Crippen LogP) is 2.95. The van der Waals surface area contributed by atoms with E-state index >= 15 is 0 Å². The van der Waals surface area contributed by atoms with Crippen molar-refractivity contribution in [1.82, 2.24) is 5.32 Å². The van der Waals surface area contributed by atoms with Crippen LogP contribution < -0.4 is 10.1 Å². The molecular formula is C18H23NO2. The van der Waals surface area contributed by atoms with Gasteiger partial charge < -0.3 is 15.2 Å². The van der Waals surface area contributed by atoms with Crippen molar-refractivity contribution in [2.24, 2.45) is 0 Å². The molecule has 0 amide bonds. The Kier molecular flexibility index (Phi) is 6.25. The van der Waals surface area contributed by atoms with Gasteiger partial charge in [0.2, 0.25) is 0 Å². The maximum Gasteiger partial charge on any atom is 0.118 e. The highest BCUT2D eigenvalue weighted by Crippen LogP contribution is 2.16. The van der Waals surface area contributed by atoms with Crippen LogP contribution in [0, 0.1) is 0 Å². The Hall–Kier alpha value is -1.84. The monoisotopic (exact) mass is 285 g/mol. The summed E-state index contributed by atoms with van der Waals surface area (Å²) < 4.78 is 5.16. The molecule has 112 valence electrons. The lowest BCUT2D eigenvalue weighted by Gasteiger charge is -2.18. The Bertz CT molecular complexity index is 511. The second kappa shape index (κ2) is 8.45. The molecule has 2 aromatic rings. The Morgan fingerprint density at radius 3 is 2.38 bits per heavy atom. The van der Waals surface area contributed by atoms with Crippen molar-refractivity contribution < 1.29 is 9.84 Å². The van der Waals surface area contributed by atoms with Gasteiger partial charge in [0.05, 0.1) is 7.11 Å². The van der Waals surface area contributed by atoms with Gasteiger partial charge in [-0.15, -0.1) is 0 Å². The minimum atomic E-state index is 0.190. The molecular weight excluding hydrogens is 262 g/mol. The molecule has 1 atom stereocenters. The number of aliphatic hydroxyl groups is 1. The summed E-state index contributed by atoms with van der Waals surface area (Å²) in [4.78, 5) is 0. The third kappa shape index (κ3) is 4.88. The van der Waals surface area contributed by atoms with Crippen molar-refractivity contribution in [3.63, 3.8) is 0 Å². The molecule has 0 saturated heterocycles. The van der Waals surface area contributed by atoms with E-state index in [1.54, 1.807) is 7.11 Å². The molecule has 0 bridgehead atoms. The second-order valence-electron chi connectivity index (χ2n) is 5.03. The van der Waals surface area contributed by atoms with Crippen LogP contribution in [0.15, 0.2) is 54.6 Å². The number of hydrogen-bond donors (Lipinski definition) is 2. The van der Waals surface area contributed by atoms with E-state index in [-0.39, 0.29) is 12.6 Å². The zero-order valence-electron chi connectivity index (χ0n) is 12.5. The smallest absolute Gasteiger partial charge is 0.118 e. The molecule has 2 aromatic carbocycles. The largest absolute Gasteiger partial charge is 0.497 e. The van der Waals surface area contributed by atoms with Crippen molar-refractivity contribution >= 4 is 0 Å². The first-order valence-electron chi connectivity index (χ1n) is 7.35. The van der Waals surface area contributed by atoms with Gasteiger partial charge in [-0.1, -0.05) is 42.5 Å². The van der Waals surface area contributed by atoms with Crippen molar-refractivity contribution in [1.29, 1.82) is 0 Å². The number of methoxy groups -OCH3 is 1. The average molecular weight is 285 g/mol. The molecule has 2 rings (SSSR count). The quantitative estimate of drug-likeness (QED) is 0.783. The van der Waals surface area contributed by atoms with Crippen LogP contribution in [0.1, 0.15) is 23.6 Å². The molecule has 0 heterocycles. The molecule has 3 heteroatoms. The fourth-order valence-corrected chi connectivity index (χ4v) is 2.38. The summed E-state index contributed by atoms with van der Waals surface area (Å²) in [6.45, 7) is 1.07. The number of ether oxygens (including phenoxy) is 1. The Morgan fingerprint density at radius 2 is 1.76 bits per heavy atom. The highest BCUT2D eigenvalue weighted by molar-refractivity contribution is 5.27. The van der Waals surface area contributed by atoms with Crippen molar-refractivity contribution in [2.75, 3.05) is 20.3 Å². The van der Waals surface area contributed by atoms with Crippen LogP contribution in [0.2, 0.25) is 0 Å². The summed E-state index contributed by atoms with van der Waals surface area (Å²) >= 11 is 0.